The Bertz CT molecular complexity index is 601. The van der Waals surface area contributed by atoms with Crippen LogP contribution in [0.15, 0.2) is 24.5 Å². The molecule has 2 aromatic rings. The highest BCUT2D eigenvalue weighted by molar-refractivity contribution is 7.99. The lowest BCUT2D eigenvalue weighted by Gasteiger charge is -2.31. The number of nitrogens with two attached hydrogens (primary N) is 1. The van der Waals surface area contributed by atoms with E-state index in [0.717, 1.165) is 22.4 Å². The molecule has 106 valence electrons. The molecule has 0 aliphatic heterocycles. The Morgan fingerprint density at radius 1 is 1.25 bits per heavy atom. The van der Waals surface area contributed by atoms with E-state index in [1.807, 2.05) is 30.0 Å². The van der Waals surface area contributed by atoms with Gasteiger partial charge in [-0.3, -0.25) is 0 Å². The van der Waals surface area contributed by atoms with E-state index in [1.54, 1.807) is 6.33 Å². The molecule has 1 aliphatic rings. The van der Waals surface area contributed by atoms with Gasteiger partial charge in [0, 0.05) is 22.4 Å². The zero-order valence-corrected chi connectivity index (χ0v) is 12.5. The van der Waals surface area contributed by atoms with E-state index in [9.17, 15) is 0 Å². The van der Waals surface area contributed by atoms with Gasteiger partial charge in [0.2, 0.25) is 0 Å². The second-order valence-corrected chi connectivity index (χ2v) is 6.39. The maximum Gasteiger partial charge on any atom is 0.137 e. The van der Waals surface area contributed by atoms with E-state index < -0.39 is 0 Å². The van der Waals surface area contributed by atoms with Gasteiger partial charge in [-0.15, -0.1) is 0 Å². The van der Waals surface area contributed by atoms with Gasteiger partial charge in [0.05, 0.1) is 5.52 Å². The van der Waals surface area contributed by atoms with Crippen molar-refractivity contribution in [1.29, 1.82) is 0 Å². The number of anilines is 2. The topological polar surface area (TPSA) is 63.8 Å². The van der Waals surface area contributed by atoms with E-state index in [1.165, 1.54) is 25.7 Å². The Hall–Kier alpha value is -1.49. The highest BCUT2D eigenvalue weighted by Gasteiger charge is 2.24. The Balaban J connectivity index is 1.91. The molecule has 1 heterocycles. The van der Waals surface area contributed by atoms with E-state index >= 15 is 0 Å². The van der Waals surface area contributed by atoms with Gasteiger partial charge in [0.25, 0.3) is 0 Å². The quantitative estimate of drug-likeness (QED) is 0.848. The zero-order valence-electron chi connectivity index (χ0n) is 11.7. The minimum absolute atomic E-state index is 0.485. The summed E-state index contributed by atoms with van der Waals surface area (Å²) < 4.78 is 0. The number of aromatic nitrogens is 2. The number of fused-ring (bicyclic) bond motifs is 1. The van der Waals surface area contributed by atoms with Crippen LogP contribution in [0.2, 0.25) is 0 Å². The van der Waals surface area contributed by atoms with Crippen molar-refractivity contribution in [1.82, 2.24) is 9.97 Å². The maximum absolute atomic E-state index is 5.89. The van der Waals surface area contributed by atoms with Crippen molar-refractivity contribution in [2.24, 2.45) is 0 Å². The van der Waals surface area contributed by atoms with Crippen molar-refractivity contribution < 1.29 is 0 Å². The molecule has 2 unspecified atom stereocenters. The number of thioether (sulfide) groups is 1. The normalized spacial score (nSPS) is 22.9. The number of rotatable bonds is 3. The van der Waals surface area contributed by atoms with Gasteiger partial charge in [-0.25, -0.2) is 9.97 Å². The standard InChI is InChI=1S/C15H20N4S/c1-20-14-5-3-2-4-13(14)19-15-11-8-10(16)6-7-12(11)17-9-18-15/h6-9,13-14H,2-5,16H2,1H3,(H,17,18,19). The van der Waals surface area contributed by atoms with Gasteiger partial charge in [-0.2, -0.15) is 11.8 Å². The first-order valence-corrected chi connectivity index (χ1v) is 8.36. The van der Waals surface area contributed by atoms with Crippen molar-refractivity contribution in [3.05, 3.63) is 24.5 Å². The molecular formula is C15H20N4S. The predicted molar refractivity (Wildman–Crippen MR) is 87.1 cm³/mol. The fraction of sp³-hybridized carbons (Fsp3) is 0.467. The molecule has 5 heteroatoms. The van der Waals surface area contributed by atoms with E-state index in [4.69, 9.17) is 5.73 Å². The van der Waals surface area contributed by atoms with Crippen LogP contribution in [0.4, 0.5) is 11.5 Å². The summed E-state index contributed by atoms with van der Waals surface area (Å²) in [6.07, 6.45) is 8.93. The number of hydrogen-bond acceptors (Lipinski definition) is 5. The van der Waals surface area contributed by atoms with Gasteiger partial charge >= 0.3 is 0 Å². The Morgan fingerprint density at radius 3 is 2.95 bits per heavy atom. The third kappa shape index (κ3) is 2.68. The Labute approximate surface area is 123 Å². The molecule has 0 bridgehead atoms. The average Bonchev–Trinajstić information content (AvgIpc) is 2.48. The molecule has 1 fully saturated rings. The molecule has 1 aliphatic carbocycles. The van der Waals surface area contributed by atoms with Crippen LogP contribution in [0.25, 0.3) is 10.9 Å². The van der Waals surface area contributed by atoms with Crippen LogP contribution < -0.4 is 11.1 Å². The third-order valence-electron chi connectivity index (χ3n) is 3.99. The molecule has 0 saturated heterocycles. The van der Waals surface area contributed by atoms with E-state index in [2.05, 4.69) is 21.5 Å². The first-order chi connectivity index (χ1) is 9.78. The monoisotopic (exact) mass is 288 g/mol. The Morgan fingerprint density at radius 2 is 2.10 bits per heavy atom. The number of nitrogens with one attached hydrogen (secondary N) is 1. The fourth-order valence-corrected chi connectivity index (χ4v) is 3.84. The largest absolute Gasteiger partial charge is 0.399 e. The summed E-state index contributed by atoms with van der Waals surface area (Å²) in [6.45, 7) is 0. The number of nitrogens with zero attached hydrogens (tertiary/aromatic N) is 2. The number of nitrogen functional groups attached to an aromatic ring is 1. The molecule has 20 heavy (non-hydrogen) atoms. The molecular weight excluding hydrogens is 268 g/mol. The lowest BCUT2D eigenvalue weighted by atomic mass is 9.95. The fourth-order valence-electron chi connectivity index (χ4n) is 2.91. The lowest BCUT2D eigenvalue weighted by Crippen LogP contribution is -2.34. The molecule has 0 radical (unpaired) electrons. The van der Waals surface area contributed by atoms with Crippen LogP contribution in [0, 0.1) is 0 Å². The molecule has 1 aromatic carbocycles. The minimum Gasteiger partial charge on any atom is -0.399 e. The van der Waals surface area contributed by atoms with Crippen molar-refractivity contribution in [2.45, 2.75) is 37.0 Å². The van der Waals surface area contributed by atoms with Crippen LogP contribution in [0.5, 0.6) is 0 Å². The van der Waals surface area contributed by atoms with Crippen molar-refractivity contribution in [3.8, 4) is 0 Å². The highest BCUT2D eigenvalue weighted by Crippen LogP contribution is 2.31. The van der Waals surface area contributed by atoms with Crippen LogP contribution in [-0.4, -0.2) is 27.5 Å². The second kappa shape index (κ2) is 5.87. The van der Waals surface area contributed by atoms with E-state index in [-0.39, 0.29) is 0 Å². The van der Waals surface area contributed by atoms with Crippen molar-refractivity contribution in [2.75, 3.05) is 17.3 Å². The number of hydrogen-bond donors (Lipinski definition) is 2. The summed E-state index contributed by atoms with van der Waals surface area (Å²) in [6, 6.07) is 6.27. The smallest absolute Gasteiger partial charge is 0.137 e. The van der Waals surface area contributed by atoms with Crippen LogP contribution in [0.1, 0.15) is 25.7 Å². The first kappa shape index (κ1) is 13.5. The lowest BCUT2D eigenvalue weighted by molar-refractivity contribution is 0.474. The first-order valence-electron chi connectivity index (χ1n) is 7.07. The Kier molecular flexibility index (Phi) is 3.96. The summed E-state index contributed by atoms with van der Waals surface area (Å²) >= 11 is 1.95. The summed E-state index contributed by atoms with van der Waals surface area (Å²) in [5.74, 6) is 0.910. The highest BCUT2D eigenvalue weighted by atomic mass is 32.2. The molecule has 4 nitrogen and oxygen atoms in total. The van der Waals surface area contributed by atoms with Gasteiger partial charge < -0.3 is 11.1 Å². The average molecular weight is 288 g/mol. The van der Waals surface area contributed by atoms with Crippen LogP contribution >= 0.6 is 11.8 Å². The van der Waals surface area contributed by atoms with Crippen LogP contribution in [0.3, 0.4) is 0 Å². The molecule has 0 spiro atoms. The minimum atomic E-state index is 0.485. The summed E-state index contributed by atoms with van der Waals surface area (Å²) in [4.78, 5) is 8.73. The maximum atomic E-state index is 5.89. The molecule has 3 rings (SSSR count). The van der Waals surface area contributed by atoms with Gasteiger partial charge in [-0.1, -0.05) is 12.8 Å². The van der Waals surface area contributed by atoms with Gasteiger partial charge in [0.15, 0.2) is 0 Å². The summed E-state index contributed by atoms with van der Waals surface area (Å²) in [7, 11) is 0. The summed E-state index contributed by atoms with van der Waals surface area (Å²) in [5, 5.41) is 5.30. The summed E-state index contributed by atoms with van der Waals surface area (Å²) in [5.41, 5.74) is 7.58. The molecule has 1 aromatic heterocycles. The van der Waals surface area contributed by atoms with Gasteiger partial charge in [-0.05, 0) is 37.3 Å². The molecule has 2 atom stereocenters. The van der Waals surface area contributed by atoms with Crippen LogP contribution in [-0.2, 0) is 0 Å². The zero-order chi connectivity index (χ0) is 13.9. The predicted octanol–water partition coefficient (Wildman–Crippen LogP) is 3.30. The molecule has 3 N–H and O–H groups in total. The SMILES string of the molecule is CSC1CCCCC1Nc1ncnc2ccc(N)cc12. The number of benzene rings is 1. The molecule has 1 saturated carbocycles. The second-order valence-electron chi connectivity index (χ2n) is 5.31. The van der Waals surface area contributed by atoms with Gasteiger partial charge in [0.1, 0.15) is 12.1 Å². The van der Waals surface area contributed by atoms with Crippen molar-refractivity contribution in [3.63, 3.8) is 0 Å². The molecule has 0 amide bonds. The van der Waals surface area contributed by atoms with E-state index in [0.29, 0.717) is 11.3 Å². The third-order valence-corrected chi connectivity index (χ3v) is 5.16. The van der Waals surface area contributed by atoms with Crippen molar-refractivity contribution >= 4 is 34.2 Å².